The van der Waals surface area contributed by atoms with Crippen LogP contribution in [0.2, 0.25) is 0 Å². The summed E-state index contributed by atoms with van der Waals surface area (Å²) < 4.78 is 5.16. The molecule has 0 aliphatic carbocycles. The summed E-state index contributed by atoms with van der Waals surface area (Å²) >= 11 is 0. The van der Waals surface area contributed by atoms with Crippen molar-refractivity contribution in [1.82, 2.24) is 0 Å². The Hall–Kier alpha value is -0.410. The molecule has 0 aromatic rings. The van der Waals surface area contributed by atoms with E-state index < -0.39 is 6.10 Å². The van der Waals surface area contributed by atoms with Crippen molar-refractivity contribution in [3.63, 3.8) is 0 Å². The molecule has 0 bridgehead atoms. The van der Waals surface area contributed by atoms with Crippen LogP contribution < -0.4 is 0 Å². The van der Waals surface area contributed by atoms with Crippen LogP contribution in [0.25, 0.3) is 0 Å². The number of rotatable bonds is 1. The molecule has 1 heterocycles. The van der Waals surface area contributed by atoms with E-state index in [0.29, 0.717) is 13.0 Å². The highest BCUT2D eigenvalue weighted by molar-refractivity contribution is 5.84. The summed E-state index contributed by atoms with van der Waals surface area (Å²) in [7, 11) is 0. The van der Waals surface area contributed by atoms with Crippen molar-refractivity contribution in [3.8, 4) is 0 Å². The molecule has 0 saturated carbocycles. The van der Waals surface area contributed by atoms with Crippen LogP contribution in [0.1, 0.15) is 20.3 Å². The summed E-state index contributed by atoms with van der Waals surface area (Å²) in [5.74, 6) is 0.0174. The molecular weight excluding hydrogens is 144 g/mol. The lowest BCUT2D eigenvalue weighted by Gasteiger charge is -2.32. The largest absolute Gasteiger partial charge is 0.393 e. The summed E-state index contributed by atoms with van der Waals surface area (Å²) in [6.07, 6.45) is -0.0545. The van der Waals surface area contributed by atoms with Gasteiger partial charge < -0.3 is 9.84 Å². The SMILES string of the molecule is CC1(C)COC(CO)C(=O)C1. The Balaban J connectivity index is 2.55. The Morgan fingerprint density at radius 3 is 2.82 bits per heavy atom. The lowest BCUT2D eigenvalue weighted by Crippen LogP contribution is -2.41. The van der Waals surface area contributed by atoms with Crippen molar-refractivity contribution >= 4 is 5.78 Å². The fourth-order valence-corrected chi connectivity index (χ4v) is 1.21. The highest BCUT2D eigenvalue weighted by atomic mass is 16.5. The normalized spacial score (nSPS) is 30.5. The number of carbonyl (C=O) groups excluding carboxylic acids is 1. The van der Waals surface area contributed by atoms with Gasteiger partial charge in [0, 0.05) is 6.42 Å². The first kappa shape index (κ1) is 8.68. The first-order valence-corrected chi connectivity index (χ1v) is 3.80. The maximum absolute atomic E-state index is 11.2. The van der Waals surface area contributed by atoms with Crippen molar-refractivity contribution in [3.05, 3.63) is 0 Å². The Bertz CT molecular complexity index is 163. The summed E-state index contributed by atoms with van der Waals surface area (Å²) in [6.45, 7) is 4.34. The number of hydrogen-bond acceptors (Lipinski definition) is 3. The number of hydrogen-bond donors (Lipinski definition) is 1. The summed E-state index contributed by atoms with van der Waals surface area (Å²) in [5, 5.41) is 8.69. The third-order valence-electron chi connectivity index (χ3n) is 1.85. The lowest BCUT2D eigenvalue weighted by molar-refractivity contribution is -0.147. The van der Waals surface area contributed by atoms with Crippen LogP contribution in [0.15, 0.2) is 0 Å². The summed E-state index contributed by atoms with van der Waals surface area (Å²) in [5.41, 5.74) is -0.0528. The van der Waals surface area contributed by atoms with Crippen molar-refractivity contribution < 1.29 is 14.6 Å². The van der Waals surface area contributed by atoms with Gasteiger partial charge in [-0.05, 0) is 5.41 Å². The molecule has 1 atom stereocenters. The zero-order valence-electron chi connectivity index (χ0n) is 6.96. The van der Waals surface area contributed by atoms with E-state index >= 15 is 0 Å². The van der Waals surface area contributed by atoms with Crippen LogP contribution in [-0.2, 0) is 9.53 Å². The number of ketones is 1. The number of aliphatic hydroxyl groups excluding tert-OH is 1. The standard InChI is InChI=1S/C8H14O3/c1-8(2)3-6(10)7(4-9)11-5-8/h7,9H,3-5H2,1-2H3. The van der Waals surface area contributed by atoms with Gasteiger partial charge in [-0.25, -0.2) is 0 Å². The molecule has 1 unspecified atom stereocenters. The number of aliphatic hydroxyl groups is 1. The minimum atomic E-state index is -0.567. The minimum Gasteiger partial charge on any atom is -0.393 e. The Kier molecular flexibility index (Phi) is 2.30. The van der Waals surface area contributed by atoms with E-state index in [1.807, 2.05) is 13.8 Å². The maximum Gasteiger partial charge on any atom is 0.164 e. The summed E-state index contributed by atoms with van der Waals surface area (Å²) in [4.78, 5) is 11.2. The fourth-order valence-electron chi connectivity index (χ4n) is 1.21. The van der Waals surface area contributed by atoms with Gasteiger partial charge >= 0.3 is 0 Å². The van der Waals surface area contributed by atoms with E-state index in [4.69, 9.17) is 9.84 Å². The average Bonchev–Trinajstić information content (AvgIpc) is 1.86. The van der Waals surface area contributed by atoms with Gasteiger partial charge in [-0.15, -0.1) is 0 Å². The van der Waals surface area contributed by atoms with Gasteiger partial charge in [0.15, 0.2) is 5.78 Å². The zero-order chi connectivity index (χ0) is 8.48. The van der Waals surface area contributed by atoms with Crippen LogP contribution in [-0.4, -0.2) is 30.2 Å². The van der Waals surface area contributed by atoms with Crippen LogP contribution in [0.4, 0.5) is 0 Å². The molecule has 0 aromatic heterocycles. The van der Waals surface area contributed by atoms with Gasteiger partial charge in [0.1, 0.15) is 6.10 Å². The molecule has 1 N–H and O–H groups in total. The number of ether oxygens (including phenoxy) is 1. The van der Waals surface area contributed by atoms with Crippen LogP contribution in [0.5, 0.6) is 0 Å². The molecule has 1 aliphatic heterocycles. The number of carbonyl (C=O) groups is 1. The van der Waals surface area contributed by atoms with Crippen LogP contribution in [0, 0.1) is 5.41 Å². The van der Waals surface area contributed by atoms with E-state index in [1.54, 1.807) is 0 Å². The van der Waals surface area contributed by atoms with Gasteiger partial charge in [0.2, 0.25) is 0 Å². The first-order valence-electron chi connectivity index (χ1n) is 3.80. The Labute approximate surface area is 66.4 Å². The molecule has 0 radical (unpaired) electrons. The molecule has 1 saturated heterocycles. The van der Waals surface area contributed by atoms with E-state index in [2.05, 4.69) is 0 Å². The molecule has 3 heteroatoms. The zero-order valence-corrected chi connectivity index (χ0v) is 6.96. The molecule has 11 heavy (non-hydrogen) atoms. The molecule has 1 rings (SSSR count). The fraction of sp³-hybridized carbons (Fsp3) is 0.875. The predicted molar refractivity (Wildman–Crippen MR) is 40.2 cm³/mol. The highest BCUT2D eigenvalue weighted by Gasteiger charge is 2.33. The van der Waals surface area contributed by atoms with E-state index in [0.717, 1.165) is 0 Å². The molecule has 0 aromatic carbocycles. The quantitative estimate of drug-likeness (QED) is 0.599. The monoisotopic (exact) mass is 158 g/mol. The molecular formula is C8H14O3. The summed E-state index contributed by atoms with van der Waals surface area (Å²) in [6, 6.07) is 0. The molecule has 1 fully saturated rings. The maximum atomic E-state index is 11.2. The van der Waals surface area contributed by atoms with Gasteiger partial charge in [-0.2, -0.15) is 0 Å². The van der Waals surface area contributed by atoms with Crippen molar-refractivity contribution in [2.24, 2.45) is 5.41 Å². The van der Waals surface area contributed by atoms with Crippen molar-refractivity contribution in [1.29, 1.82) is 0 Å². The highest BCUT2D eigenvalue weighted by Crippen LogP contribution is 2.27. The van der Waals surface area contributed by atoms with Gasteiger partial charge in [-0.1, -0.05) is 13.8 Å². The van der Waals surface area contributed by atoms with E-state index in [-0.39, 0.29) is 17.8 Å². The van der Waals surface area contributed by atoms with Gasteiger partial charge in [0.25, 0.3) is 0 Å². The smallest absolute Gasteiger partial charge is 0.164 e. The van der Waals surface area contributed by atoms with E-state index in [1.165, 1.54) is 0 Å². The van der Waals surface area contributed by atoms with Gasteiger partial charge in [0.05, 0.1) is 13.2 Å². The van der Waals surface area contributed by atoms with Crippen LogP contribution >= 0.6 is 0 Å². The second-order valence-corrected chi connectivity index (χ2v) is 3.79. The second kappa shape index (κ2) is 2.91. The Morgan fingerprint density at radius 1 is 1.73 bits per heavy atom. The molecule has 0 spiro atoms. The van der Waals surface area contributed by atoms with Crippen molar-refractivity contribution in [2.75, 3.05) is 13.2 Å². The predicted octanol–water partition coefficient (Wildman–Crippen LogP) is 0.363. The minimum absolute atomic E-state index is 0.0174. The Morgan fingerprint density at radius 2 is 2.36 bits per heavy atom. The molecule has 64 valence electrons. The molecule has 1 aliphatic rings. The topological polar surface area (TPSA) is 46.5 Å². The lowest BCUT2D eigenvalue weighted by atomic mass is 9.85. The molecule has 0 amide bonds. The third kappa shape index (κ3) is 2.01. The second-order valence-electron chi connectivity index (χ2n) is 3.79. The number of Topliss-reactive ketones (excluding diaryl/α,β-unsaturated/α-hetero) is 1. The third-order valence-corrected chi connectivity index (χ3v) is 1.85. The van der Waals surface area contributed by atoms with E-state index in [9.17, 15) is 4.79 Å². The van der Waals surface area contributed by atoms with Gasteiger partial charge in [-0.3, -0.25) is 4.79 Å². The average molecular weight is 158 g/mol. The van der Waals surface area contributed by atoms with Crippen LogP contribution in [0.3, 0.4) is 0 Å². The first-order chi connectivity index (χ1) is 5.05. The van der Waals surface area contributed by atoms with Crippen molar-refractivity contribution in [2.45, 2.75) is 26.4 Å². The molecule has 3 nitrogen and oxygen atoms in total.